The monoisotopic (exact) mass is 799 g/mol. The zero-order valence-corrected chi connectivity index (χ0v) is 31.7. The molecule has 5 aromatic rings. The fourth-order valence-electron chi connectivity index (χ4n) is 5.74. The SMILES string of the molecule is CCC(CC)/C(O)=C/C(=O)C(C)(CC)CC.Cc1[c-]c(-c2cc([Si](C)(C)C)c3ccccc3n2)c2oc3ccccc3c2c1.[Ir]. The molecule has 1 N–H and O–H groups in total. The third-order valence-electron chi connectivity index (χ3n) is 9.16. The minimum absolute atomic E-state index is 0. The first-order valence-electron chi connectivity index (χ1n) is 16.1. The molecule has 2 aromatic heterocycles. The van der Waals surface area contributed by atoms with Gasteiger partial charge in [-0.25, -0.2) is 0 Å². The van der Waals surface area contributed by atoms with E-state index in [0.717, 1.165) is 70.0 Å². The van der Waals surface area contributed by atoms with Crippen molar-refractivity contribution < 1.29 is 34.4 Å². The number of ketones is 1. The number of benzene rings is 3. The molecule has 0 aliphatic heterocycles. The van der Waals surface area contributed by atoms with Crippen LogP contribution in [-0.2, 0) is 24.9 Å². The van der Waals surface area contributed by atoms with Gasteiger partial charge >= 0.3 is 0 Å². The topological polar surface area (TPSA) is 63.3 Å². The van der Waals surface area contributed by atoms with Crippen LogP contribution in [0.5, 0.6) is 0 Å². The molecule has 0 spiro atoms. The Bertz CT molecular complexity index is 1810. The molecule has 0 unspecified atom stereocenters. The molecule has 6 heteroatoms. The number of furan rings is 1. The predicted octanol–water partition coefficient (Wildman–Crippen LogP) is 10.7. The molecule has 0 atom stereocenters. The first-order valence-corrected chi connectivity index (χ1v) is 19.6. The van der Waals surface area contributed by atoms with E-state index in [1.54, 1.807) is 0 Å². The van der Waals surface area contributed by atoms with E-state index in [2.05, 4.69) is 81.2 Å². The number of aryl methyl sites for hydroxylation is 1. The van der Waals surface area contributed by atoms with Crippen molar-refractivity contribution in [3.8, 4) is 11.3 Å². The largest absolute Gasteiger partial charge is 0.512 e. The number of pyridine rings is 1. The van der Waals surface area contributed by atoms with Crippen molar-refractivity contribution in [1.29, 1.82) is 0 Å². The zero-order chi connectivity index (χ0) is 32.2. The average Bonchev–Trinajstić information content (AvgIpc) is 3.38. The Kier molecular flexibility index (Phi) is 12.2. The number of aromatic nitrogens is 1. The molecule has 241 valence electrons. The summed E-state index contributed by atoms with van der Waals surface area (Å²) < 4.78 is 6.27. The van der Waals surface area contributed by atoms with Gasteiger partial charge in [0.05, 0.1) is 24.9 Å². The number of carbonyl (C=O) groups excluding carboxylic acids is 1. The molecule has 0 aliphatic rings. The van der Waals surface area contributed by atoms with Gasteiger partial charge in [-0.2, -0.15) is 0 Å². The number of aliphatic hydroxyl groups is 1. The molecule has 5 rings (SSSR count). The van der Waals surface area contributed by atoms with Gasteiger partial charge in [-0.15, -0.1) is 17.7 Å². The molecule has 0 aliphatic carbocycles. The van der Waals surface area contributed by atoms with E-state index in [1.165, 1.54) is 16.6 Å². The van der Waals surface area contributed by atoms with Gasteiger partial charge in [0, 0.05) is 42.9 Å². The van der Waals surface area contributed by atoms with Crippen molar-refractivity contribution in [1.82, 2.24) is 4.98 Å². The van der Waals surface area contributed by atoms with E-state index in [4.69, 9.17) is 9.40 Å². The van der Waals surface area contributed by atoms with Crippen molar-refractivity contribution in [3.05, 3.63) is 84.1 Å². The van der Waals surface area contributed by atoms with E-state index in [1.807, 2.05) is 46.8 Å². The van der Waals surface area contributed by atoms with Crippen LogP contribution in [0.1, 0.15) is 65.9 Å². The van der Waals surface area contributed by atoms with E-state index in [-0.39, 0.29) is 43.0 Å². The molecule has 45 heavy (non-hydrogen) atoms. The number of nitrogens with zero attached hydrogens (tertiary/aromatic N) is 1. The van der Waals surface area contributed by atoms with Crippen LogP contribution >= 0.6 is 0 Å². The predicted molar refractivity (Wildman–Crippen MR) is 189 cm³/mol. The Balaban J connectivity index is 0.000000282. The van der Waals surface area contributed by atoms with Gasteiger partial charge < -0.3 is 9.52 Å². The third kappa shape index (κ3) is 7.85. The summed E-state index contributed by atoms with van der Waals surface area (Å²) in [6, 6.07) is 24.6. The number of para-hydroxylation sites is 2. The first kappa shape index (κ1) is 36.4. The molecular weight excluding hydrogens is 751 g/mol. The maximum atomic E-state index is 12.0. The van der Waals surface area contributed by atoms with Crippen molar-refractivity contribution in [2.24, 2.45) is 11.3 Å². The average molecular weight is 799 g/mol. The maximum Gasteiger partial charge on any atom is 0.164 e. The smallest absolute Gasteiger partial charge is 0.164 e. The van der Waals surface area contributed by atoms with Crippen molar-refractivity contribution in [2.75, 3.05) is 0 Å². The Morgan fingerprint density at radius 3 is 2.16 bits per heavy atom. The quantitative estimate of drug-likeness (QED) is 0.0698. The summed E-state index contributed by atoms with van der Waals surface area (Å²) in [7, 11) is -1.56. The summed E-state index contributed by atoms with van der Waals surface area (Å²) >= 11 is 0. The van der Waals surface area contributed by atoms with Crippen LogP contribution in [-0.4, -0.2) is 23.9 Å². The van der Waals surface area contributed by atoms with Gasteiger partial charge in [0.1, 0.15) is 5.58 Å². The standard InChI is InChI=1S/C25H22NOSi.C14H26O2.Ir/c1-16-13-19-17-9-6-8-12-23(17)27-25(19)20(14-16)22-15-24(28(2,3)4)18-10-5-7-11-21(18)26-22;1-6-11(7-2)12(15)10-13(16)14(5,8-3)9-4;/h5-13,15H,1-4H3;10-11,15H,6-9H2,1-5H3;/q-1;;/b;12-10-;. The molecule has 0 amide bonds. The first-order chi connectivity index (χ1) is 20.9. The van der Waals surface area contributed by atoms with E-state index >= 15 is 0 Å². The van der Waals surface area contributed by atoms with E-state index < -0.39 is 8.07 Å². The van der Waals surface area contributed by atoms with Crippen LogP contribution in [0, 0.1) is 24.3 Å². The number of allylic oxidation sites excluding steroid dienone is 2. The third-order valence-corrected chi connectivity index (χ3v) is 11.2. The number of fused-ring (bicyclic) bond motifs is 4. The van der Waals surface area contributed by atoms with E-state index in [9.17, 15) is 9.90 Å². The number of aliphatic hydroxyl groups excluding tert-OH is 1. The number of rotatable bonds is 9. The normalized spacial score (nSPS) is 12.4. The summed E-state index contributed by atoms with van der Waals surface area (Å²) in [6.07, 6.45) is 4.83. The summed E-state index contributed by atoms with van der Waals surface area (Å²) in [4.78, 5) is 17.0. The van der Waals surface area contributed by atoms with Crippen LogP contribution in [0.15, 0.2) is 76.9 Å². The Morgan fingerprint density at radius 2 is 1.56 bits per heavy atom. The second kappa shape index (κ2) is 15.0. The number of hydrogen-bond acceptors (Lipinski definition) is 4. The summed E-state index contributed by atoms with van der Waals surface area (Å²) in [5.74, 6) is 0.437. The minimum atomic E-state index is -1.56. The van der Waals surface area contributed by atoms with Crippen LogP contribution in [0.3, 0.4) is 0 Å². The second-order valence-corrected chi connectivity index (χ2v) is 18.2. The van der Waals surface area contributed by atoms with Gasteiger partial charge in [0.15, 0.2) is 5.78 Å². The van der Waals surface area contributed by atoms with E-state index in [0.29, 0.717) is 0 Å². The van der Waals surface area contributed by atoms with Crippen LogP contribution < -0.4 is 5.19 Å². The Labute approximate surface area is 283 Å². The van der Waals surface area contributed by atoms with Gasteiger partial charge in [-0.05, 0) is 48.9 Å². The molecule has 0 saturated carbocycles. The molecule has 0 saturated heterocycles. The fourth-order valence-corrected chi connectivity index (χ4v) is 7.33. The summed E-state index contributed by atoms with van der Waals surface area (Å²) in [5, 5.41) is 14.8. The summed E-state index contributed by atoms with van der Waals surface area (Å²) in [5.41, 5.74) is 5.50. The molecule has 2 heterocycles. The Morgan fingerprint density at radius 1 is 0.956 bits per heavy atom. The molecule has 0 fully saturated rings. The maximum absolute atomic E-state index is 12.0. The van der Waals surface area contributed by atoms with Crippen molar-refractivity contribution >= 4 is 51.9 Å². The number of hydrogen-bond donors (Lipinski definition) is 1. The van der Waals surface area contributed by atoms with Gasteiger partial charge in [0.25, 0.3) is 0 Å². The van der Waals surface area contributed by atoms with Crippen LogP contribution in [0.2, 0.25) is 19.6 Å². The molecule has 1 radical (unpaired) electrons. The van der Waals surface area contributed by atoms with Crippen LogP contribution in [0.4, 0.5) is 0 Å². The summed E-state index contributed by atoms with van der Waals surface area (Å²) in [6.45, 7) is 19.3. The Hall–Kier alpha value is -3.05. The van der Waals surface area contributed by atoms with Gasteiger partial charge in [-0.3, -0.25) is 9.78 Å². The number of carbonyl (C=O) groups is 1. The van der Waals surface area contributed by atoms with Gasteiger partial charge in [0.2, 0.25) is 0 Å². The molecular formula is C39H48IrNO3Si-. The van der Waals surface area contributed by atoms with Crippen molar-refractivity contribution in [2.45, 2.75) is 86.9 Å². The molecule has 4 nitrogen and oxygen atoms in total. The zero-order valence-electron chi connectivity index (χ0n) is 28.3. The van der Waals surface area contributed by atoms with Gasteiger partial charge in [-0.1, -0.05) is 120 Å². The minimum Gasteiger partial charge on any atom is -0.512 e. The molecule has 0 bridgehead atoms. The molecule has 3 aromatic carbocycles. The fraction of sp³-hybridized carbons (Fsp3) is 0.385. The van der Waals surface area contributed by atoms with Crippen molar-refractivity contribution in [3.63, 3.8) is 0 Å². The second-order valence-electron chi connectivity index (χ2n) is 13.2. The van der Waals surface area contributed by atoms with Crippen LogP contribution in [0.25, 0.3) is 44.1 Å².